The molecule has 2 N–H and O–H groups in total. The smallest absolute Gasteiger partial charge is 0.407 e. The first-order valence-electron chi connectivity index (χ1n) is 11.7. The average molecular weight is 465 g/mol. The molecule has 180 valence electrons. The molecule has 0 radical (unpaired) electrons. The molecule has 0 saturated carbocycles. The third kappa shape index (κ3) is 4.39. The van der Waals surface area contributed by atoms with Gasteiger partial charge in [-0.2, -0.15) is 0 Å². The van der Waals surface area contributed by atoms with E-state index < -0.39 is 23.0 Å². The van der Waals surface area contributed by atoms with Crippen LogP contribution in [0, 0.1) is 11.3 Å². The number of carbonyl (C=O) groups is 3. The zero-order valence-electron chi connectivity index (χ0n) is 20.1. The molecule has 1 aliphatic carbocycles. The minimum atomic E-state index is -0.958. The fourth-order valence-electron chi connectivity index (χ4n) is 5.06. The Balaban J connectivity index is 1.35. The summed E-state index contributed by atoms with van der Waals surface area (Å²) in [7, 11) is 0. The molecule has 4 rings (SSSR count). The van der Waals surface area contributed by atoms with E-state index in [9.17, 15) is 19.5 Å². The van der Waals surface area contributed by atoms with Gasteiger partial charge in [0.25, 0.3) is 0 Å². The Morgan fingerprint density at radius 1 is 1.09 bits per heavy atom. The molecule has 2 atom stereocenters. The number of carboxylic acids is 1. The molecule has 7 heteroatoms. The Hall–Kier alpha value is -3.35. The van der Waals surface area contributed by atoms with Crippen molar-refractivity contribution >= 4 is 18.0 Å². The lowest BCUT2D eigenvalue weighted by atomic mass is 9.81. The summed E-state index contributed by atoms with van der Waals surface area (Å²) < 4.78 is 5.61. The van der Waals surface area contributed by atoms with Gasteiger partial charge < -0.3 is 20.1 Å². The topological polar surface area (TPSA) is 95.9 Å². The van der Waals surface area contributed by atoms with Gasteiger partial charge in [0, 0.05) is 31.0 Å². The maximum Gasteiger partial charge on any atom is 0.407 e. The molecular weight excluding hydrogens is 432 g/mol. The van der Waals surface area contributed by atoms with Crippen molar-refractivity contribution in [1.82, 2.24) is 10.2 Å². The van der Waals surface area contributed by atoms with Crippen LogP contribution in [0.15, 0.2) is 48.5 Å². The summed E-state index contributed by atoms with van der Waals surface area (Å²) in [4.78, 5) is 38.8. The zero-order valence-corrected chi connectivity index (χ0v) is 20.1. The van der Waals surface area contributed by atoms with Crippen LogP contribution in [0.4, 0.5) is 4.79 Å². The molecule has 34 heavy (non-hydrogen) atoms. The lowest BCUT2D eigenvalue weighted by Gasteiger charge is -2.28. The molecule has 2 aliphatic rings. The number of benzene rings is 2. The van der Waals surface area contributed by atoms with Gasteiger partial charge >= 0.3 is 12.1 Å². The van der Waals surface area contributed by atoms with Gasteiger partial charge in [-0.3, -0.25) is 9.59 Å². The number of hydrogen-bond donors (Lipinski definition) is 2. The highest BCUT2D eigenvalue weighted by atomic mass is 16.5. The van der Waals surface area contributed by atoms with E-state index in [0.717, 1.165) is 22.3 Å². The largest absolute Gasteiger partial charge is 0.481 e. The lowest BCUT2D eigenvalue weighted by molar-refractivity contribution is -0.149. The number of likely N-dealkylation sites (tertiary alicyclic amines) is 1. The number of carboxylic acid groups (broad SMARTS) is 1. The number of rotatable bonds is 6. The predicted octanol–water partition coefficient (Wildman–Crippen LogP) is 4.26. The van der Waals surface area contributed by atoms with Crippen LogP contribution in [0.25, 0.3) is 11.1 Å². The molecule has 0 spiro atoms. The zero-order chi connectivity index (χ0) is 24.7. The molecule has 2 aromatic carbocycles. The van der Waals surface area contributed by atoms with Crippen LogP contribution >= 0.6 is 0 Å². The predicted molar refractivity (Wildman–Crippen MR) is 128 cm³/mol. The van der Waals surface area contributed by atoms with Crippen LogP contribution in [0.3, 0.4) is 0 Å². The second-order valence-corrected chi connectivity index (χ2v) is 10.4. The van der Waals surface area contributed by atoms with E-state index in [4.69, 9.17) is 4.74 Å². The molecule has 1 aliphatic heterocycles. The Morgan fingerprint density at radius 2 is 1.65 bits per heavy atom. The first kappa shape index (κ1) is 23.8. The summed E-state index contributed by atoms with van der Waals surface area (Å²) in [6, 6.07) is 16.3. The van der Waals surface area contributed by atoms with E-state index in [1.807, 2.05) is 31.2 Å². The van der Waals surface area contributed by atoms with E-state index in [1.165, 1.54) is 0 Å². The molecule has 2 unspecified atom stereocenters. The van der Waals surface area contributed by atoms with Crippen LogP contribution in [0.5, 0.6) is 0 Å². The molecule has 1 fully saturated rings. The molecule has 2 amide bonds. The first-order valence-corrected chi connectivity index (χ1v) is 11.7. The second kappa shape index (κ2) is 8.78. The molecule has 1 heterocycles. The number of nitrogens with zero attached hydrogens (tertiary/aromatic N) is 1. The minimum absolute atomic E-state index is 0.0392. The summed E-state index contributed by atoms with van der Waals surface area (Å²) in [5, 5.41) is 12.4. The quantitative estimate of drug-likeness (QED) is 0.666. The molecule has 0 aromatic heterocycles. The number of amides is 2. The van der Waals surface area contributed by atoms with Gasteiger partial charge in [0.15, 0.2) is 0 Å². The summed E-state index contributed by atoms with van der Waals surface area (Å²) in [6.07, 6.45) is -0.524. The monoisotopic (exact) mass is 464 g/mol. The maximum atomic E-state index is 12.9. The van der Waals surface area contributed by atoms with E-state index in [1.54, 1.807) is 25.7 Å². The number of carbonyl (C=O) groups excluding carboxylic acids is 2. The highest BCUT2D eigenvalue weighted by Crippen LogP contribution is 2.44. The summed E-state index contributed by atoms with van der Waals surface area (Å²) in [5.41, 5.74) is 2.79. The third-order valence-electron chi connectivity index (χ3n) is 7.32. The number of hydrogen-bond acceptors (Lipinski definition) is 4. The van der Waals surface area contributed by atoms with Gasteiger partial charge in [0.2, 0.25) is 5.91 Å². The number of ether oxygens (including phenoxy) is 1. The van der Waals surface area contributed by atoms with Crippen molar-refractivity contribution in [2.24, 2.45) is 11.3 Å². The van der Waals surface area contributed by atoms with Crippen molar-refractivity contribution in [3.8, 4) is 11.1 Å². The fourth-order valence-corrected chi connectivity index (χ4v) is 5.06. The Labute approximate surface area is 200 Å². The molecule has 0 bridgehead atoms. The van der Waals surface area contributed by atoms with Crippen molar-refractivity contribution < 1.29 is 24.2 Å². The summed E-state index contributed by atoms with van der Waals surface area (Å²) in [6.45, 7) is 7.82. The van der Waals surface area contributed by atoms with Crippen LogP contribution in [0.1, 0.15) is 51.2 Å². The normalized spacial score (nSPS) is 21.6. The van der Waals surface area contributed by atoms with Crippen LogP contribution in [-0.4, -0.2) is 53.2 Å². The molecule has 1 saturated heterocycles. The van der Waals surface area contributed by atoms with Gasteiger partial charge in [-0.15, -0.1) is 0 Å². The third-order valence-corrected chi connectivity index (χ3v) is 7.32. The van der Waals surface area contributed by atoms with E-state index in [-0.39, 0.29) is 37.3 Å². The molecule has 2 aromatic rings. The number of alkyl carbamates (subject to hydrolysis) is 1. The highest BCUT2D eigenvalue weighted by molar-refractivity contribution is 5.82. The van der Waals surface area contributed by atoms with Crippen molar-refractivity contribution in [3.05, 3.63) is 59.7 Å². The van der Waals surface area contributed by atoms with Gasteiger partial charge in [-0.25, -0.2) is 4.79 Å². The fraction of sp³-hybridized carbons (Fsp3) is 0.444. The molecule has 7 nitrogen and oxygen atoms in total. The first-order chi connectivity index (χ1) is 16.0. The van der Waals surface area contributed by atoms with Crippen molar-refractivity contribution in [3.63, 3.8) is 0 Å². The van der Waals surface area contributed by atoms with E-state index >= 15 is 0 Å². The van der Waals surface area contributed by atoms with Gasteiger partial charge in [-0.1, -0.05) is 55.5 Å². The van der Waals surface area contributed by atoms with Crippen LogP contribution < -0.4 is 5.32 Å². The van der Waals surface area contributed by atoms with Crippen molar-refractivity contribution in [2.75, 3.05) is 19.7 Å². The van der Waals surface area contributed by atoms with Crippen LogP contribution in [0.2, 0.25) is 0 Å². The second-order valence-electron chi connectivity index (χ2n) is 10.4. The number of nitrogens with one attached hydrogen (secondary N) is 1. The highest BCUT2D eigenvalue weighted by Gasteiger charge is 2.48. The molecular formula is C27H32N2O5. The van der Waals surface area contributed by atoms with Gasteiger partial charge in [-0.05, 0) is 48.9 Å². The van der Waals surface area contributed by atoms with Crippen molar-refractivity contribution in [1.29, 1.82) is 0 Å². The standard InChI is InChI=1S/C27H32N2O5/c1-17-14-29(16-27(17,4)24(31)32)23(30)13-26(2,3)28-25(33)34-15-22-20-11-7-5-9-18(20)19-10-6-8-12-21(19)22/h5-12,17,22H,13-16H2,1-4H3,(H,28,33)(H,31,32). The lowest BCUT2D eigenvalue weighted by Crippen LogP contribution is -2.48. The number of aliphatic carboxylic acids is 1. The minimum Gasteiger partial charge on any atom is -0.481 e. The Morgan fingerprint density at radius 3 is 2.18 bits per heavy atom. The SMILES string of the molecule is CC1CN(C(=O)CC(C)(C)NC(=O)OCC2c3ccccc3-c3ccccc32)CC1(C)C(=O)O. The Kier molecular flexibility index (Phi) is 6.14. The summed E-state index contributed by atoms with van der Waals surface area (Å²) >= 11 is 0. The van der Waals surface area contributed by atoms with Gasteiger partial charge in [0.05, 0.1) is 5.41 Å². The van der Waals surface area contributed by atoms with Crippen LogP contribution in [-0.2, 0) is 14.3 Å². The Bertz CT molecular complexity index is 1080. The van der Waals surface area contributed by atoms with Gasteiger partial charge in [0.1, 0.15) is 6.61 Å². The van der Waals surface area contributed by atoms with E-state index in [0.29, 0.717) is 6.54 Å². The maximum absolute atomic E-state index is 12.9. The average Bonchev–Trinajstić information content (AvgIpc) is 3.27. The van der Waals surface area contributed by atoms with Crippen molar-refractivity contribution in [2.45, 2.75) is 45.6 Å². The number of fused-ring (bicyclic) bond motifs is 3. The van der Waals surface area contributed by atoms with E-state index in [2.05, 4.69) is 29.6 Å². The summed E-state index contributed by atoms with van der Waals surface area (Å²) in [5.74, 6) is -1.26.